The molecule has 7 heteroatoms. The highest BCUT2D eigenvalue weighted by Gasteiger charge is 2.08. The van der Waals surface area contributed by atoms with Crippen molar-refractivity contribution in [1.82, 2.24) is 14.8 Å². The maximum absolute atomic E-state index is 5.94. The van der Waals surface area contributed by atoms with Crippen molar-refractivity contribution in [3.8, 4) is 0 Å². The van der Waals surface area contributed by atoms with Gasteiger partial charge in [0.15, 0.2) is 0 Å². The van der Waals surface area contributed by atoms with Crippen molar-refractivity contribution in [3.63, 3.8) is 0 Å². The molecule has 0 saturated heterocycles. The SMILES string of the molecule is Nc1nc(Nc2ccc(Br)cc2)nn1Cc1cccc(Br)c1. The number of benzene rings is 2. The summed E-state index contributed by atoms with van der Waals surface area (Å²) in [5, 5.41) is 7.53. The Labute approximate surface area is 144 Å². The van der Waals surface area contributed by atoms with Crippen molar-refractivity contribution in [2.24, 2.45) is 0 Å². The maximum Gasteiger partial charge on any atom is 0.248 e. The minimum absolute atomic E-state index is 0.375. The van der Waals surface area contributed by atoms with Crippen LogP contribution in [0.4, 0.5) is 17.6 Å². The van der Waals surface area contributed by atoms with Crippen LogP contribution in [-0.2, 0) is 6.54 Å². The summed E-state index contributed by atoms with van der Waals surface area (Å²) in [6, 6.07) is 15.8. The van der Waals surface area contributed by atoms with Gasteiger partial charge in [-0.3, -0.25) is 0 Å². The number of hydrogen-bond donors (Lipinski definition) is 2. The van der Waals surface area contributed by atoms with Crippen LogP contribution in [0.2, 0.25) is 0 Å². The summed E-state index contributed by atoms with van der Waals surface area (Å²) in [4.78, 5) is 4.24. The lowest BCUT2D eigenvalue weighted by Gasteiger charge is -2.03. The molecular formula is C15H13Br2N5. The number of aromatic nitrogens is 3. The number of nitrogens with one attached hydrogen (secondary N) is 1. The molecule has 112 valence electrons. The minimum atomic E-state index is 0.375. The fourth-order valence-electron chi connectivity index (χ4n) is 1.99. The van der Waals surface area contributed by atoms with Crippen molar-refractivity contribution < 1.29 is 0 Å². The normalized spacial score (nSPS) is 10.6. The zero-order chi connectivity index (χ0) is 15.5. The Bertz CT molecular complexity index is 783. The second-order valence-corrected chi connectivity index (χ2v) is 6.54. The minimum Gasteiger partial charge on any atom is -0.368 e. The lowest BCUT2D eigenvalue weighted by atomic mass is 10.2. The molecule has 0 aliphatic heterocycles. The molecule has 0 aliphatic carbocycles. The first kappa shape index (κ1) is 15.1. The summed E-state index contributed by atoms with van der Waals surface area (Å²) in [6.07, 6.45) is 0. The van der Waals surface area contributed by atoms with Crippen molar-refractivity contribution in [2.75, 3.05) is 11.1 Å². The first-order valence-corrected chi connectivity index (χ1v) is 8.16. The molecule has 0 saturated carbocycles. The zero-order valence-corrected chi connectivity index (χ0v) is 14.7. The van der Waals surface area contributed by atoms with Crippen LogP contribution in [0.5, 0.6) is 0 Å². The van der Waals surface area contributed by atoms with Gasteiger partial charge in [0.2, 0.25) is 11.9 Å². The van der Waals surface area contributed by atoms with Gasteiger partial charge < -0.3 is 11.1 Å². The topological polar surface area (TPSA) is 68.8 Å². The average molecular weight is 423 g/mol. The third kappa shape index (κ3) is 3.66. The molecule has 0 unspecified atom stereocenters. The van der Waals surface area contributed by atoms with E-state index in [0.717, 1.165) is 20.2 Å². The molecule has 1 heterocycles. The van der Waals surface area contributed by atoms with Gasteiger partial charge in [-0.05, 0) is 42.0 Å². The van der Waals surface area contributed by atoms with Crippen molar-refractivity contribution >= 4 is 49.4 Å². The molecule has 0 spiro atoms. The lowest BCUT2D eigenvalue weighted by Crippen LogP contribution is -2.06. The van der Waals surface area contributed by atoms with Crippen molar-refractivity contribution in [3.05, 3.63) is 63.0 Å². The Morgan fingerprint density at radius 1 is 1.05 bits per heavy atom. The van der Waals surface area contributed by atoms with Crippen LogP contribution in [0.3, 0.4) is 0 Å². The smallest absolute Gasteiger partial charge is 0.248 e. The highest BCUT2D eigenvalue weighted by Crippen LogP contribution is 2.19. The van der Waals surface area contributed by atoms with Gasteiger partial charge >= 0.3 is 0 Å². The zero-order valence-electron chi connectivity index (χ0n) is 11.5. The molecule has 5 nitrogen and oxygen atoms in total. The van der Waals surface area contributed by atoms with E-state index in [1.165, 1.54) is 0 Å². The summed E-state index contributed by atoms with van der Waals surface area (Å²) in [5.41, 5.74) is 7.94. The lowest BCUT2D eigenvalue weighted by molar-refractivity contribution is 0.698. The molecule has 0 bridgehead atoms. The first-order chi connectivity index (χ1) is 10.6. The standard InChI is InChI=1S/C15H13Br2N5/c16-11-4-6-13(7-5-11)19-15-20-14(18)22(21-15)9-10-2-1-3-12(17)8-10/h1-8H,9H2,(H3,18,19,20,21). The Morgan fingerprint density at radius 2 is 1.82 bits per heavy atom. The van der Waals surface area contributed by atoms with Crippen LogP contribution < -0.4 is 11.1 Å². The number of rotatable bonds is 4. The largest absolute Gasteiger partial charge is 0.368 e. The van der Waals surface area contributed by atoms with Gasteiger partial charge in [-0.15, -0.1) is 5.10 Å². The quantitative estimate of drug-likeness (QED) is 0.661. The molecule has 1 aromatic heterocycles. The van der Waals surface area contributed by atoms with Crippen LogP contribution in [-0.4, -0.2) is 14.8 Å². The molecule has 0 aliphatic rings. The third-order valence-electron chi connectivity index (χ3n) is 3.02. The van der Waals surface area contributed by atoms with E-state index in [1.807, 2.05) is 48.5 Å². The van der Waals surface area contributed by atoms with E-state index >= 15 is 0 Å². The van der Waals surface area contributed by atoms with Gasteiger partial charge in [0.1, 0.15) is 0 Å². The van der Waals surface area contributed by atoms with E-state index in [9.17, 15) is 0 Å². The predicted octanol–water partition coefficient (Wildman–Crippen LogP) is 4.18. The number of nitrogens with two attached hydrogens (primary N) is 1. The van der Waals surface area contributed by atoms with Crippen LogP contribution in [0.25, 0.3) is 0 Å². The van der Waals surface area contributed by atoms with Crippen LogP contribution in [0.1, 0.15) is 5.56 Å². The van der Waals surface area contributed by atoms with E-state index in [-0.39, 0.29) is 0 Å². The summed E-state index contributed by atoms with van der Waals surface area (Å²) in [5.74, 6) is 0.856. The van der Waals surface area contributed by atoms with E-state index in [1.54, 1.807) is 4.68 Å². The molecular weight excluding hydrogens is 410 g/mol. The molecule has 0 radical (unpaired) electrons. The molecule has 0 amide bonds. The van der Waals surface area contributed by atoms with Gasteiger partial charge in [-0.1, -0.05) is 44.0 Å². The van der Waals surface area contributed by atoms with Crippen LogP contribution in [0, 0.1) is 0 Å². The van der Waals surface area contributed by atoms with Crippen molar-refractivity contribution in [2.45, 2.75) is 6.54 Å². The predicted molar refractivity (Wildman–Crippen MR) is 95.1 cm³/mol. The second-order valence-electron chi connectivity index (χ2n) is 4.71. The van der Waals surface area contributed by atoms with Crippen LogP contribution in [0.15, 0.2) is 57.5 Å². The van der Waals surface area contributed by atoms with Gasteiger partial charge in [-0.2, -0.15) is 4.98 Å². The van der Waals surface area contributed by atoms with Crippen molar-refractivity contribution in [1.29, 1.82) is 0 Å². The molecule has 0 atom stereocenters. The molecule has 22 heavy (non-hydrogen) atoms. The van der Waals surface area contributed by atoms with E-state index in [0.29, 0.717) is 18.4 Å². The van der Waals surface area contributed by atoms with Crippen LogP contribution >= 0.6 is 31.9 Å². The van der Waals surface area contributed by atoms with Gasteiger partial charge in [0.25, 0.3) is 0 Å². The Kier molecular flexibility index (Phi) is 4.44. The average Bonchev–Trinajstić information content (AvgIpc) is 2.81. The first-order valence-electron chi connectivity index (χ1n) is 6.57. The summed E-state index contributed by atoms with van der Waals surface area (Å²) in [6.45, 7) is 0.570. The second kappa shape index (κ2) is 6.50. The molecule has 3 aromatic rings. The molecule has 3 N–H and O–H groups in total. The van der Waals surface area contributed by atoms with E-state index in [4.69, 9.17) is 5.73 Å². The van der Waals surface area contributed by atoms with E-state index in [2.05, 4.69) is 47.3 Å². The highest BCUT2D eigenvalue weighted by atomic mass is 79.9. The Morgan fingerprint density at radius 3 is 2.55 bits per heavy atom. The molecule has 3 rings (SSSR count). The van der Waals surface area contributed by atoms with E-state index < -0.39 is 0 Å². The monoisotopic (exact) mass is 421 g/mol. The third-order valence-corrected chi connectivity index (χ3v) is 4.04. The highest BCUT2D eigenvalue weighted by molar-refractivity contribution is 9.10. The number of nitrogen functional groups attached to an aromatic ring is 1. The Balaban J connectivity index is 1.77. The van der Waals surface area contributed by atoms with Gasteiger partial charge in [0, 0.05) is 14.6 Å². The number of nitrogens with zero attached hydrogens (tertiary/aromatic N) is 3. The molecule has 0 fully saturated rings. The summed E-state index contributed by atoms with van der Waals surface area (Å²) >= 11 is 6.86. The van der Waals surface area contributed by atoms with Gasteiger partial charge in [-0.25, -0.2) is 4.68 Å². The summed E-state index contributed by atoms with van der Waals surface area (Å²) in [7, 11) is 0. The fraction of sp³-hybridized carbons (Fsp3) is 0.0667. The number of halogens is 2. The number of anilines is 3. The van der Waals surface area contributed by atoms with Gasteiger partial charge in [0.05, 0.1) is 6.54 Å². The fourth-order valence-corrected chi connectivity index (χ4v) is 2.71. The Hall–Kier alpha value is -1.86. The summed E-state index contributed by atoms with van der Waals surface area (Å²) < 4.78 is 3.71. The molecule has 2 aromatic carbocycles. The number of hydrogen-bond acceptors (Lipinski definition) is 4. The maximum atomic E-state index is 5.94.